The Hall–Kier alpha value is -2.36. The highest BCUT2D eigenvalue weighted by atomic mass is 16.2. The number of hydrogen-bond donors (Lipinski definition) is 1. The number of rotatable bonds is 2. The summed E-state index contributed by atoms with van der Waals surface area (Å²) in [5, 5.41) is 5.19. The standard InChI is InChI=1S/C17H19N3O/c1-11-16(18-12(2)20(11)3)17(21)19-15-10-6-8-13-7-4-5-9-14(13)15/h4-11,16H,1-3H3,(H,19,21). The van der Waals surface area contributed by atoms with Gasteiger partial charge < -0.3 is 10.2 Å². The molecule has 2 unspecified atom stereocenters. The molecule has 0 radical (unpaired) electrons. The van der Waals surface area contributed by atoms with E-state index in [1.54, 1.807) is 0 Å². The summed E-state index contributed by atoms with van der Waals surface area (Å²) < 4.78 is 0. The lowest BCUT2D eigenvalue weighted by molar-refractivity contribution is -0.117. The number of carbonyl (C=O) groups is 1. The smallest absolute Gasteiger partial charge is 0.251 e. The van der Waals surface area contributed by atoms with Crippen molar-refractivity contribution in [1.82, 2.24) is 4.90 Å². The van der Waals surface area contributed by atoms with Crippen molar-refractivity contribution >= 4 is 28.2 Å². The van der Waals surface area contributed by atoms with E-state index in [-0.39, 0.29) is 18.0 Å². The van der Waals surface area contributed by atoms with E-state index in [1.807, 2.05) is 68.3 Å². The van der Waals surface area contributed by atoms with Crippen LogP contribution < -0.4 is 5.32 Å². The Morgan fingerprint density at radius 1 is 1.19 bits per heavy atom. The topological polar surface area (TPSA) is 44.7 Å². The lowest BCUT2D eigenvalue weighted by atomic mass is 10.1. The molecular weight excluding hydrogens is 262 g/mol. The highest BCUT2D eigenvalue weighted by molar-refractivity contribution is 6.05. The highest BCUT2D eigenvalue weighted by Crippen LogP contribution is 2.24. The number of amidine groups is 1. The van der Waals surface area contributed by atoms with Gasteiger partial charge in [0.15, 0.2) is 6.04 Å². The van der Waals surface area contributed by atoms with Crippen LogP contribution in [0.1, 0.15) is 13.8 Å². The van der Waals surface area contributed by atoms with E-state index in [2.05, 4.69) is 10.3 Å². The average Bonchev–Trinajstić information content (AvgIpc) is 2.75. The molecule has 1 heterocycles. The molecule has 2 aromatic carbocycles. The molecule has 1 N–H and O–H groups in total. The van der Waals surface area contributed by atoms with Crippen LogP contribution in [0.5, 0.6) is 0 Å². The van der Waals surface area contributed by atoms with Crippen LogP contribution in [0.25, 0.3) is 10.8 Å². The fourth-order valence-corrected chi connectivity index (χ4v) is 2.73. The van der Waals surface area contributed by atoms with E-state index in [1.165, 1.54) is 0 Å². The number of fused-ring (bicyclic) bond motifs is 1. The zero-order valence-corrected chi connectivity index (χ0v) is 12.5. The number of nitrogens with one attached hydrogen (secondary N) is 1. The van der Waals surface area contributed by atoms with Gasteiger partial charge in [0.25, 0.3) is 5.91 Å². The lowest BCUT2D eigenvalue weighted by Gasteiger charge is -2.21. The molecule has 1 amide bonds. The van der Waals surface area contributed by atoms with Crippen molar-refractivity contribution in [3.8, 4) is 0 Å². The molecule has 0 bridgehead atoms. The predicted molar refractivity (Wildman–Crippen MR) is 86.7 cm³/mol. The number of benzene rings is 2. The first-order valence-corrected chi connectivity index (χ1v) is 7.14. The molecule has 4 heteroatoms. The van der Waals surface area contributed by atoms with Crippen LogP contribution in [-0.4, -0.2) is 35.8 Å². The highest BCUT2D eigenvalue weighted by Gasteiger charge is 2.33. The number of likely N-dealkylation sites (N-methyl/N-ethyl adjacent to an activating group) is 1. The third-order valence-electron chi connectivity index (χ3n) is 4.22. The monoisotopic (exact) mass is 281 g/mol. The molecule has 1 aliphatic rings. The summed E-state index contributed by atoms with van der Waals surface area (Å²) in [5.41, 5.74) is 0.840. The third-order valence-corrected chi connectivity index (χ3v) is 4.22. The maximum Gasteiger partial charge on any atom is 0.251 e. The predicted octanol–water partition coefficient (Wildman–Crippen LogP) is 2.90. The minimum Gasteiger partial charge on any atom is -0.358 e. The molecule has 0 saturated heterocycles. The number of hydrogen-bond acceptors (Lipinski definition) is 3. The van der Waals surface area contributed by atoms with Gasteiger partial charge in [0, 0.05) is 18.1 Å². The van der Waals surface area contributed by atoms with Gasteiger partial charge in [-0.05, 0) is 25.3 Å². The fraction of sp³-hybridized carbons (Fsp3) is 0.294. The van der Waals surface area contributed by atoms with Gasteiger partial charge in [-0.3, -0.25) is 9.79 Å². The summed E-state index contributed by atoms with van der Waals surface area (Å²) in [4.78, 5) is 19.0. The molecule has 2 atom stereocenters. The number of anilines is 1. The van der Waals surface area contributed by atoms with Gasteiger partial charge in [-0.2, -0.15) is 0 Å². The van der Waals surface area contributed by atoms with Crippen molar-refractivity contribution in [2.45, 2.75) is 25.9 Å². The van der Waals surface area contributed by atoms with E-state index < -0.39 is 0 Å². The summed E-state index contributed by atoms with van der Waals surface area (Å²) in [6.07, 6.45) is 0. The van der Waals surface area contributed by atoms with E-state index in [0.29, 0.717) is 0 Å². The van der Waals surface area contributed by atoms with Crippen molar-refractivity contribution in [2.75, 3.05) is 12.4 Å². The Labute approximate surface area is 124 Å². The maximum atomic E-state index is 12.5. The van der Waals surface area contributed by atoms with Gasteiger partial charge in [-0.15, -0.1) is 0 Å². The molecule has 108 valence electrons. The van der Waals surface area contributed by atoms with Gasteiger partial charge in [-0.25, -0.2) is 0 Å². The zero-order valence-electron chi connectivity index (χ0n) is 12.5. The third kappa shape index (κ3) is 2.37. The molecule has 0 aliphatic carbocycles. The van der Waals surface area contributed by atoms with Crippen LogP contribution in [0.3, 0.4) is 0 Å². The van der Waals surface area contributed by atoms with E-state index in [9.17, 15) is 4.79 Å². The summed E-state index contributed by atoms with van der Waals surface area (Å²) in [5.74, 6) is 0.850. The zero-order chi connectivity index (χ0) is 15.0. The summed E-state index contributed by atoms with van der Waals surface area (Å²) in [6, 6.07) is 13.7. The second kappa shape index (κ2) is 5.20. The molecule has 3 rings (SSSR count). The van der Waals surface area contributed by atoms with Gasteiger partial charge in [0.2, 0.25) is 0 Å². The molecule has 0 aromatic heterocycles. The quantitative estimate of drug-likeness (QED) is 0.920. The van der Waals surface area contributed by atoms with Crippen LogP contribution in [0.2, 0.25) is 0 Å². The van der Waals surface area contributed by atoms with Gasteiger partial charge in [0.05, 0.1) is 11.9 Å². The van der Waals surface area contributed by atoms with Gasteiger partial charge in [-0.1, -0.05) is 36.4 Å². The molecule has 0 spiro atoms. The van der Waals surface area contributed by atoms with Crippen LogP contribution in [0.15, 0.2) is 47.5 Å². The van der Waals surface area contributed by atoms with Crippen molar-refractivity contribution < 1.29 is 4.79 Å². The van der Waals surface area contributed by atoms with E-state index >= 15 is 0 Å². The fourth-order valence-electron chi connectivity index (χ4n) is 2.73. The minimum absolute atomic E-state index is 0.0532. The first-order valence-electron chi connectivity index (χ1n) is 7.14. The SMILES string of the molecule is CC1=NC(C(=O)Nc2cccc3ccccc23)C(C)N1C. The van der Waals surface area contributed by atoms with Crippen LogP contribution in [0, 0.1) is 0 Å². The number of nitrogens with zero attached hydrogens (tertiary/aromatic N) is 2. The first-order chi connectivity index (χ1) is 10.1. The molecule has 4 nitrogen and oxygen atoms in total. The average molecular weight is 281 g/mol. The largest absolute Gasteiger partial charge is 0.358 e. The Morgan fingerprint density at radius 3 is 2.62 bits per heavy atom. The Bertz CT molecular complexity index is 718. The number of aliphatic imine (C=N–C) groups is 1. The Morgan fingerprint density at radius 2 is 1.90 bits per heavy atom. The molecule has 0 saturated carbocycles. The van der Waals surface area contributed by atoms with Crippen molar-refractivity contribution in [3.05, 3.63) is 42.5 Å². The lowest BCUT2D eigenvalue weighted by Crippen LogP contribution is -2.39. The van der Waals surface area contributed by atoms with Crippen LogP contribution >= 0.6 is 0 Å². The molecular formula is C17H19N3O. The maximum absolute atomic E-state index is 12.5. The normalized spacial score (nSPS) is 21.5. The van der Waals surface area contributed by atoms with Crippen LogP contribution in [0.4, 0.5) is 5.69 Å². The van der Waals surface area contributed by atoms with Crippen molar-refractivity contribution in [3.63, 3.8) is 0 Å². The molecule has 2 aromatic rings. The number of amides is 1. The van der Waals surface area contributed by atoms with Crippen molar-refractivity contribution in [1.29, 1.82) is 0 Å². The van der Waals surface area contributed by atoms with Crippen LogP contribution in [-0.2, 0) is 4.79 Å². The van der Waals surface area contributed by atoms with E-state index in [4.69, 9.17) is 0 Å². The molecule has 1 aliphatic heterocycles. The molecule has 0 fully saturated rings. The molecule has 21 heavy (non-hydrogen) atoms. The summed E-state index contributed by atoms with van der Waals surface area (Å²) in [6.45, 7) is 3.95. The van der Waals surface area contributed by atoms with Crippen molar-refractivity contribution in [2.24, 2.45) is 4.99 Å². The second-order valence-corrected chi connectivity index (χ2v) is 5.49. The van der Waals surface area contributed by atoms with Gasteiger partial charge >= 0.3 is 0 Å². The summed E-state index contributed by atoms with van der Waals surface area (Å²) >= 11 is 0. The first kappa shape index (κ1) is 13.6. The van der Waals surface area contributed by atoms with Gasteiger partial charge in [0.1, 0.15) is 0 Å². The summed E-state index contributed by atoms with van der Waals surface area (Å²) in [7, 11) is 1.97. The minimum atomic E-state index is -0.353. The van der Waals surface area contributed by atoms with E-state index in [0.717, 1.165) is 22.3 Å². The Balaban J connectivity index is 1.88. The Kier molecular flexibility index (Phi) is 3.37. The second-order valence-electron chi connectivity index (χ2n) is 5.49. The number of carbonyl (C=O) groups excluding carboxylic acids is 1.